The average molecular weight is 448 g/mol. The molecule has 4 aromatic carbocycles. The predicted octanol–water partition coefficient (Wildman–Crippen LogP) is 7.65. The second-order valence-electron chi connectivity index (χ2n) is 5.57. The molecule has 0 heterocycles. The van der Waals surface area contributed by atoms with Crippen molar-refractivity contribution in [2.45, 2.75) is 20.0 Å². The van der Waals surface area contributed by atoms with Crippen molar-refractivity contribution in [3.63, 3.8) is 0 Å². The molecule has 0 N–H and O–H groups in total. The van der Waals surface area contributed by atoms with Gasteiger partial charge in [0.05, 0.1) is 0 Å². The standard InChI is InChI=1S/2C9H7.C5H8.C2H6Si.Zr/c2*1-2-5-9-7-3-6-8(9)4-1;1-3-5-4-2;1-3-2;/h2*1-7H;3-5H,1H2,2H3;1-2H3;/q2*-1;;;+2. The molecule has 0 nitrogen and oxygen atoms in total. The van der Waals surface area contributed by atoms with Crippen molar-refractivity contribution in [3.8, 4) is 0 Å². The van der Waals surface area contributed by atoms with Crippen LogP contribution in [0.15, 0.2) is 110 Å². The molecule has 4 rings (SSSR count). The fourth-order valence-electron chi connectivity index (χ4n) is 2.28. The fourth-order valence-corrected chi connectivity index (χ4v) is 2.28. The molecule has 0 unspecified atom stereocenters. The first-order chi connectivity index (χ1) is 12.8. The SMILES string of the molecule is C=CC=CC.C[Si]C.[Zr+2].c1ccc2[cH-]ccc2c1.c1ccc2[cH-]ccc2c1. The van der Waals surface area contributed by atoms with Crippen molar-refractivity contribution in [1.29, 1.82) is 0 Å². The average Bonchev–Trinajstić information content (AvgIpc) is 3.33. The molecule has 0 fully saturated rings. The van der Waals surface area contributed by atoms with Crippen LogP contribution in [-0.2, 0) is 26.2 Å². The van der Waals surface area contributed by atoms with E-state index in [0.717, 1.165) is 9.52 Å². The van der Waals surface area contributed by atoms with Crippen molar-refractivity contribution in [2.24, 2.45) is 0 Å². The molecule has 0 spiro atoms. The molecule has 2 radical (unpaired) electrons. The number of benzene rings is 2. The van der Waals surface area contributed by atoms with Gasteiger partial charge in [0.15, 0.2) is 0 Å². The first kappa shape index (κ1) is 25.2. The summed E-state index contributed by atoms with van der Waals surface area (Å²) in [7, 11) is 1.08. The molecule has 0 amide bonds. The van der Waals surface area contributed by atoms with Gasteiger partial charge in [-0.1, -0.05) is 50.0 Å². The van der Waals surface area contributed by atoms with E-state index in [-0.39, 0.29) is 26.2 Å². The molecular formula is C25H28SiZr. The van der Waals surface area contributed by atoms with E-state index in [0.29, 0.717) is 0 Å². The van der Waals surface area contributed by atoms with Crippen LogP contribution in [0.25, 0.3) is 21.5 Å². The predicted molar refractivity (Wildman–Crippen MR) is 122 cm³/mol. The van der Waals surface area contributed by atoms with Crippen LogP contribution in [0.2, 0.25) is 13.1 Å². The molecule has 4 aromatic rings. The summed E-state index contributed by atoms with van der Waals surface area (Å²) in [6.45, 7) is 9.73. The summed E-state index contributed by atoms with van der Waals surface area (Å²) in [5, 5.41) is 5.32. The summed E-state index contributed by atoms with van der Waals surface area (Å²) in [6.07, 6.45) is 5.58. The zero-order chi connectivity index (χ0) is 19.0. The van der Waals surface area contributed by atoms with Crippen molar-refractivity contribution in [3.05, 3.63) is 110 Å². The van der Waals surface area contributed by atoms with Gasteiger partial charge in [0, 0.05) is 9.52 Å². The van der Waals surface area contributed by atoms with Gasteiger partial charge in [-0.15, -0.1) is 59.3 Å². The molecular weight excluding hydrogens is 420 g/mol. The van der Waals surface area contributed by atoms with Gasteiger partial charge in [0.1, 0.15) is 0 Å². The van der Waals surface area contributed by atoms with Crippen LogP contribution >= 0.6 is 0 Å². The maximum Gasteiger partial charge on any atom is 2.00 e. The Bertz CT molecular complexity index is 757. The van der Waals surface area contributed by atoms with Gasteiger partial charge in [0.2, 0.25) is 0 Å². The third-order valence-electron chi connectivity index (χ3n) is 3.42. The van der Waals surface area contributed by atoms with Crippen molar-refractivity contribution in [2.75, 3.05) is 0 Å². The summed E-state index contributed by atoms with van der Waals surface area (Å²) >= 11 is 0. The van der Waals surface area contributed by atoms with Crippen molar-refractivity contribution >= 4 is 31.1 Å². The molecule has 0 aliphatic rings. The Kier molecular flexibility index (Phi) is 15.3. The molecule has 136 valence electrons. The molecule has 0 aromatic heterocycles. The van der Waals surface area contributed by atoms with Crippen LogP contribution in [0.1, 0.15) is 6.92 Å². The zero-order valence-electron chi connectivity index (χ0n) is 16.5. The third-order valence-corrected chi connectivity index (χ3v) is 3.42. The minimum atomic E-state index is 0. The van der Waals surface area contributed by atoms with Gasteiger partial charge < -0.3 is 0 Å². The van der Waals surface area contributed by atoms with Crippen LogP contribution in [0.3, 0.4) is 0 Å². The van der Waals surface area contributed by atoms with Gasteiger partial charge in [-0.2, -0.15) is 35.0 Å². The summed E-state index contributed by atoms with van der Waals surface area (Å²) in [5.41, 5.74) is 0. The van der Waals surface area contributed by atoms with E-state index in [1.165, 1.54) is 21.5 Å². The van der Waals surface area contributed by atoms with E-state index in [1.807, 2.05) is 19.1 Å². The Hall–Kier alpha value is -1.76. The van der Waals surface area contributed by atoms with Crippen molar-refractivity contribution < 1.29 is 26.2 Å². The smallest absolute Gasteiger partial charge is 0.168 e. The molecule has 0 bridgehead atoms. The Morgan fingerprint density at radius 2 is 1.19 bits per heavy atom. The number of rotatable bonds is 1. The normalized spacial score (nSPS) is 9.15. The summed E-state index contributed by atoms with van der Waals surface area (Å²) in [5.74, 6) is 0. The van der Waals surface area contributed by atoms with Gasteiger partial charge in [-0.3, -0.25) is 0 Å². The van der Waals surface area contributed by atoms with E-state index in [2.05, 4.69) is 105 Å². The molecule has 0 aliphatic carbocycles. The minimum absolute atomic E-state index is 0. The molecule has 27 heavy (non-hydrogen) atoms. The van der Waals surface area contributed by atoms with E-state index in [4.69, 9.17) is 0 Å². The number of hydrogen-bond donors (Lipinski definition) is 0. The third kappa shape index (κ3) is 10.2. The Labute approximate surface area is 186 Å². The quantitative estimate of drug-likeness (QED) is 0.160. The topological polar surface area (TPSA) is 0 Å². The molecule has 2 heteroatoms. The van der Waals surface area contributed by atoms with Crippen molar-refractivity contribution in [1.82, 2.24) is 0 Å². The summed E-state index contributed by atoms with van der Waals surface area (Å²) in [6, 6.07) is 29.3. The number of fused-ring (bicyclic) bond motifs is 2. The molecule has 0 saturated carbocycles. The first-order valence-electron chi connectivity index (χ1n) is 8.79. The maximum atomic E-state index is 3.46. The van der Waals surface area contributed by atoms with E-state index in [9.17, 15) is 0 Å². The van der Waals surface area contributed by atoms with Gasteiger partial charge in [0.25, 0.3) is 0 Å². The summed E-state index contributed by atoms with van der Waals surface area (Å²) in [4.78, 5) is 0. The second kappa shape index (κ2) is 16.4. The second-order valence-corrected chi connectivity index (χ2v) is 6.57. The van der Waals surface area contributed by atoms with Crippen LogP contribution in [0, 0.1) is 0 Å². The fraction of sp³-hybridized carbons (Fsp3) is 0.120. The van der Waals surface area contributed by atoms with Crippen LogP contribution < -0.4 is 0 Å². The van der Waals surface area contributed by atoms with E-state index >= 15 is 0 Å². The van der Waals surface area contributed by atoms with Gasteiger partial charge in [-0.05, 0) is 6.92 Å². The maximum absolute atomic E-state index is 3.46. The first-order valence-corrected chi connectivity index (χ1v) is 10.8. The summed E-state index contributed by atoms with van der Waals surface area (Å²) < 4.78 is 0. The van der Waals surface area contributed by atoms with Gasteiger partial charge in [-0.25, -0.2) is 0 Å². The zero-order valence-corrected chi connectivity index (χ0v) is 20.0. The number of hydrogen-bond acceptors (Lipinski definition) is 0. The molecule has 0 aliphatic heterocycles. The largest absolute Gasteiger partial charge is 2.00 e. The Morgan fingerprint density at radius 1 is 0.778 bits per heavy atom. The van der Waals surface area contributed by atoms with E-state index < -0.39 is 0 Å². The molecule has 0 atom stereocenters. The van der Waals surface area contributed by atoms with E-state index in [1.54, 1.807) is 6.08 Å². The van der Waals surface area contributed by atoms with Crippen LogP contribution in [0.5, 0.6) is 0 Å². The van der Waals surface area contributed by atoms with Crippen LogP contribution in [-0.4, -0.2) is 9.52 Å². The van der Waals surface area contributed by atoms with Gasteiger partial charge >= 0.3 is 26.2 Å². The minimum Gasteiger partial charge on any atom is -0.168 e. The Morgan fingerprint density at radius 3 is 1.48 bits per heavy atom. The van der Waals surface area contributed by atoms with Crippen LogP contribution in [0.4, 0.5) is 0 Å². The number of allylic oxidation sites excluding steroid dienone is 3. The monoisotopic (exact) mass is 446 g/mol. The molecule has 0 saturated heterocycles. The Balaban J connectivity index is 0.000000358.